The second kappa shape index (κ2) is 9.20. The molecule has 154 valence electrons. The van der Waals surface area contributed by atoms with Crippen LogP contribution in [0.3, 0.4) is 0 Å². The largest absolute Gasteiger partial charge is 0.353 e. The van der Waals surface area contributed by atoms with Gasteiger partial charge in [0, 0.05) is 51.4 Å². The standard InChI is InChI=1S/C22H29N5O2/c28-21(8-4-13-26-14-5-9-22(26)29)23-18-10-11-19-24-25-20(27(19)15-12-18)16-17-6-2-1-3-7-17/h1-3,6-7,18H,4-5,8-16H2,(H,23,28). The third-order valence-electron chi connectivity index (χ3n) is 5.90. The first-order chi connectivity index (χ1) is 14.2. The number of aromatic nitrogens is 3. The van der Waals surface area contributed by atoms with Gasteiger partial charge in [-0.3, -0.25) is 9.59 Å². The minimum atomic E-state index is 0.0869. The molecule has 0 saturated carbocycles. The number of aryl methyl sites for hydroxylation is 1. The van der Waals surface area contributed by atoms with Gasteiger partial charge in [-0.05, 0) is 31.2 Å². The third kappa shape index (κ3) is 5.02. The summed E-state index contributed by atoms with van der Waals surface area (Å²) in [5.74, 6) is 2.32. The second-order valence-electron chi connectivity index (χ2n) is 8.03. The van der Waals surface area contributed by atoms with E-state index in [9.17, 15) is 9.59 Å². The lowest BCUT2D eigenvalue weighted by molar-refractivity contribution is -0.128. The molecule has 1 aromatic heterocycles. The van der Waals surface area contributed by atoms with Crippen LogP contribution in [0.15, 0.2) is 30.3 Å². The Morgan fingerprint density at radius 1 is 1.10 bits per heavy atom. The number of carbonyl (C=O) groups is 2. The summed E-state index contributed by atoms with van der Waals surface area (Å²) in [5.41, 5.74) is 1.23. The SMILES string of the molecule is O=C(CCCN1CCCC1=O)NC1CCc2nnc(Cc3ccccc3)n2CC1. The van der Waals surface area contributed by atoms with Crippen molar-refractivity contribution >= 4 is 11.8 Å². The van der Waals surface area contributed by atoms with E-state index in [-0.39, 0.29) is 17.9 Å². The molecule has 7 nitrogen and oxygen atoms in total. The van der Waals surface area contributed by atoms with E-state index in [1.807, 2.05) is 23.1 Å². The summed E-state index contributed by atoms with van der Waals surface area (Å²) in [7, 11) is 0. The van der Waals surface area contributed by atoms with E-state index < -0.39 is 0 Å². The Balaban J connectivity index is 1.25. The topological polar surface area (TPSA) is 80.1 Å². The van der Waals surface area contributed by atoms with E-state index in [1.54, 1.807) is 0 Å². The molecular formula is C22H29N5O2. The first kappa shape index (κ1) is 19.6. The highest BCUT2D eigenvalue weighted by Gasteiger charge is 2.22. The van der Waals surface area contributed by atoms with Crippen LogP contribution in [0.25, 0.3) is 0 Å². The van der Waals surface area contributed by atoms with E-state index in [1.165, 1.54) is 5.56 Å². The molecule has 1 atom stereocenters. The molecule has 0 spiro atoms. The lowest BCUT2D eigenvalue weighted by Crippen LogP contribution is -2.35. The number of carbonyl (C=O) groups excluding carboxylic acids is 2. The van der Waals surface area contributed by atoms with Crippen LogP contribution in [0.1, 0.15) is 55.7 Å². The predicted octanol–water partition coefficient (Wildman–Crippen LogP) is 2.09. The number of hydrogen-bond donors (Lipinski definition) is 1. The van der Waals surface area contributed by atoms with Crippen LogP contribution in [0.5, 0.6) is 0 Å². The Morgan fingerprint density at radius 2 is 1.97 bits per heavy atom. The summed E-state index contributed by atoms with van der Waals surface area (Å²) in [6.07, 6.45) is 6.20. The highest BCUT2D eigenvalue weighted by atomic mass is 16.2. The van der Waals surface area contributed by atoms with Gasteiger partial charge in [0.2, 0.25) is 11.8 Å². The highest BCUT2D eigenvalue weighted by molar-refractivity contribution is 5.78. The fraction of sp³-hybridized carbons (Fsp3) is 0.545. The zero-order valence-corrected chi connectivity index (χ0v) is 16.8. The van der Waals surface area contributed by atoms with Crippen LogP contribution in [-0.4, -0.2) is 50.6 Å². The molecule has 7 heteroatoms. The predicted molar refractivity (Wildman–Crippen MR) is 109 cm³/mol. The van der Waals surface area contributed by atoms with Crippen molar-refractivity contribution in [3.8, 4) is 0 Å². The number of nitrogens with one attached hydrogen (secondary N) is 1. The molecule has 1 N–H and O–H groups in total. The Morgan fingerprint density at radius 3 is 2.76 bits per heavy atom. The molecule has 3 heterocycles. The Labute approximate surface area is 171 Å². The summed E-state index contributed by atoms with van der Waals surface area (Å²) in [4.78, 5) is 25.9. The molecule has 0 aliphatic carbocycles. The van der Waals surface area contributed by atoms with Crippen molar-refractivity contribution in [1.29, 1.82) is 0 Å². The molecule has 0 radical (unpaired) electrons. The van der Waals surface area contributed by atoms with Gasteiger partial charge in [0.25, 0.3) is 0 Å². The zero-order chi connectivity index (χ0) is 20.1. The number of hydrogen-bond acceptors (Lipinski definition) is 4. The molecule has 2 amide bonds. The lowest BCUT2D eigenvalue weighted by atomic mass is 10.1. The summed E-state index contributed by atoms with van der Waals surface area (Å²) in [6.45, 7) is 2.37. The summed E-state index contributed by atoms with van der Waals surface area (Å²) in [5, 5.41) is 12.0. The number of benzene rings is 1. The van der Waals surface area contributed by atoms with Crippen LogP contribution in [-0.2, 0) is 29.0 Å². The van der Waals surface area contributed by atoms with Gasteiger partial charge in [0.05, 0.1) is 0 Å². The molecule has 1 saturated heterocycles. The number of rotatable bonds is 7. The summed E-state index contributed by atoms with van der Waals surface area (Å²) >= 11 is 0. The van der Waals surface area contributed by atoms with Crippen molar-refractivity contribution in [2.75, 3.05) is 13.1 Å². The average molecular weight is 396 g/mol. The molecule has 2 aromatic rings. The van der Waals surface area contributed by atoms with Crippen LogP contribution >= 0.6 is 0 Å². The quantitative estimate of drug-likeness (QED) is 0.779. The van der Waals surface area contributed by atoms with Crippen molar-refractivity contribution in [2.45, 2.75) is 64.0 Å². The average Bonchev–Trinajstić information content (AvgIpc) is 3.24. The van der Waals surface area contributed by atoms with E-state index in [0.29, 0.717) is 19.4 Å². The lowest BCUT2D eigenvalue weighted by Gasteiger charge is -2.18. The monoisotopic (exact) mass is 395 g/mol. The van der Waals surface area contributed by atoms with Gasteiger partial charge in [-0.25, -0.2) is 0 Å². The number of nitrogens with zero attached hydrogens (tertiary/aromatic N) is 4. The minimum absolute atomic E-state index is 0.0869. The van der Waals surface area contributed by atoms with Gasteiger partial charge in [-0.1, -0.05) is 30.3 Å². The Hall–Kier alpha value is -2.70. The summed E-state index contributed by atoms with van der Waals surface area (Å²) in [6, 6.07) is 10.5. The minimum Gasteiger partial charge on any atom is -0.353 e. The molecule has 2 aliphatic heterocycles. The fourth-order valence-electron chi connectivity index (χ4n) is 4.27. The van der Waals surface area contributed by atoms with Gasteiger partial charge in [-0.2, -0.15) is 0 Å². The third-order valence-corrected chi connectivity index (χ3v) is 5.90. The maximum absolute atomic E-state index is 12.3. The van der Waals surface area contributed by atoms with Crippen LogP contribution in [0, 0.1) is 0 Å². The number of amides is 2. The van der Waals surface area contributed by atoms with E-state index in [2.05, 4.69) is 32.2 Å². The van der Waals surface area contributed by atoms with Gasteiger partial charge in [0.15, 0.2) is 0 Å². The molecule has 29 heavy (non-hydrogen) atoms. The van der Waals surface area contributed by atoms with E-state index >= 15 is 0 Å². The first-order valence-corrected chi connectivity index (χ1v) is 10.7. The van der Waals surface area contributed by atoms with Crippen molar-refractivity contribution in [3.05, 3.63) is 47.5 Å². The molecule has 0 bridgehead atoms. The second-order valence-corrected chi connectivity index (χ2v) is 8.03. The van der Waals surface area contributed by atoms with Crippen molar-refractivity contribution in [3.63, 3.8) is 0 Å². The number of likely N-dealkylation sites (tertiary alicyclic amines) is 1. The van der Waals surface area contributed by atoms with Crippen molar-refractivity contribution in [2.24, 2.45) is 0 Å². The molecule has 2 aliphatic rings. The van der Waals surface area contributed by atoms with E-state index in [4.69, 9.17) is 0 Å². The van der Waals surface area contributed by atoms with Gasteiger partial charge in [0.1, 0.15) is 11.6 Å². The van der Waals surface area contributed by atoms with Gasteiger partial charge < -0.3 is 14.8 Å². The van der Waals surface area contributed by atoms with Gasteiger partial charge >= 0.3 is 0 Å². The maximum atomic E-state index is 12.3. The Kier molecular flexibility index (Phi) is 6.22. The normalized spacial score (nSPS) is 19.1. The van der Waals surface area contributed by atoms with Crippen LogP contribution < -0.4 is 5.32 Å². The fourth-order valence-corrected chi connectivity index (χ4v) is 4.27. The summed E-state index contributed by atoms with van der Waals surface area (Å²) < 4.78 is 2.22. The van der Waals surface area contributed by atoms with Crippen LogP contribution in [0.4, 0.5) is 0 Å². The first-order valence-electron chi connectivity index (χ1n) is 10.7. The highest BCUT2D eigenvalue weighted by Crippen LogP contribution is 2.18. The van der Waals surface area contributed by atoms with E-state index in [0.717, 1.165) is 63.3 Å². The Bertz CT molecular complexity index is 848. The smallest absolute Gasteiger partial charge is 0.222 e. The molecular weight excluding hydrogens is 366 g/mol. The molecule has 1 fully saturated rings. The number of fused-ring (bicyclic) bond motifs is 1. The van der Waals surface area contributed by atoms with Gasteiger partial charge in [-0.15, -0.1) is 10.2 Å². The van der Waals surface area contributed by atoms with Crippen LogP contribution in [0.2, 0.25) is 0 Å². The zero-order valence-electron chi connectivity index (χ0n) is 16.8. The van der Waals surface area contributed by atoms with Crippen molar-refractivity contribution in [1.82, 2.24) is 25.0 Å². The maximum Gasteiger partial charge on any atom is 0.222 e. The van der Waals surface area contributed by atoms with Crippen molar-refractivity contribution < 1.29 is 9.59 Å². The molecule has 4 rings (SSSR count). The molecule has 1 aromatic carbocycles. The molecule has 1 unspecified atom stereocenters.